The lowest BCUT2D eigenvalue weighted by Gasteiger charge is -2.22. The molecule has 156 valence electrons. The first-order valence-electron chi connectivity index (χ1n) is 9.92. The molecule has 0 aliphatic carbocycles. The number of halogens is 1. The summed E-state index contributed by atoms with van der Waals surface area (Å²) >= 11 is 0. The van der Waals surface area contributed by atoms with Gasteiger partial charge in [-0.25, -0.2) is 0 Å². The summed E-state index contributed by atoms with van der Waals surface area (Å²) in [6, 6.07) is 10.2. The van der Waals surface area contributed by atoms with Crippen LogP contribution in [0.4, 0.5) is 0 Å². The molecule has 0 spiro atoms. The molecule has 2 heterocycles. The zero-order chi connectivity index (χ0) is 18.9. The van der Waals surface area contributed by atoms with Crippen LogP contribution in [-0.2, 0) is 16.0 Å². The number of guanidine groups is 1. The van der Waals surface area contributed by atoms with Crippen molar-refractivity contribution in [1.29, 1.82) is 0 Å². The van der Waals surface area contributed by atoms with Crippen LogP contribution in [0.5, 0.6) is 0 Å². The molecule has 1 aliphatic rings. The van der Waals surface area contributed by atoms with Crippen LogP contribution in [0.1, 0.15) is 31.9 Å². The van der Waals surface area contributed by atoms with Gasteiger partial charge in [-0.05, 0) is 38.3 Å². The molecule has 3 rings (SSSR count). The van der Waals surface area contributed by atoms with Crippen LogP contribution in [-0.4, -0.2) is 56.9 Å². The molecule has 0 unspecified atom stereocenters. The van der Waals surface area contributed by atoms with Gasteiger partial charge in [0.2, 0.25) is 0 Å². The van der Waals surface area contributed by atoms with Gasteiger partial charge in [-0.3, -0.25) is 4.99 Å². The summed E-state index contributed by atoms with van der Waals surface area (Å²) in [7, 11) is 2.03. The van der Waals surface area contributed by atoms with Crippen LogP contribution in [0.2, 0.25) is 0 Å². The first kappa shape index (κ1) is 23.0. The Hall–Kier alpha value is -1.32. The van der Waals surface area contributed by atoms with E-state index in [1.807, 2.05) is 25.2 Å². The van der Waals surface area contributed by atoms with Gasteiger partial charge in [0.15, 0.2) is 5.96 Å². The molecule has 0 radical (unpaired) electrons. The Kier molecular flexibility index (Phi) is 10.1. The molecule has 1 fully saturated rings. The fourth-order valence-corrected chi connectivity index (χ4v) is 3.24. The van der Waals surface area contributed by atoms with E-state index in [0.29, 0.717) is 12.6 Å². The number of nitrogens with zero attached hydrogens (tertiary/aromatic N) is 2. The first-order chi connectivity index (χ1) is 13.3. The van der Waals surface area contributed by atoms with E-state index in [4.69, 9.17) is 18.9 Å². The predicted octanol–water partition coefficient (Wildman–Crippen LogP) is 4.03. The number of nitrogens with one attached hydrogen (secondary N) is 1. The summed E-state index contributed by atoms with van der Waals surface area (Å²) in [5.74, 6) is 1.83. The maximum atomic E-state index is 5.92. The minimum Gasteiger partial charge on any atom is -0.459 e. The highest BCUT2D eigenvalue weighted by Crippen LogP contribution is 2.19. The van der Waals surface area contributed by atoms with Gasteiger partial charge in [0.05, 0.1) is 12.6 Å². The molecule has 0 amide bonds. The fourth-order valence-electron chi connectivity index (χ4n) is 3.24. The van der Waals surface area contributed by atoms with Crippen molar-refractivity contribution in [2.45, 2.75) is 38.8 Å². The molecular formula is C21H32IN3O3. The van der Waals surface area contributed by atoms with Crippen LogP contribution in [0.15, 0.2) is 39.7 Å². The van der Waals surface area contributed by atoms with Crippen LogP contribution in [0, 0.1) is 0 Å². The quantitative estimate of drug-likeness (QED) is 0.256. The molecule has 1 aromatic carbocycles. The number of rotatable bonds is 8. The summed E-state index contributed by atoms with van der Waals surface area (Å²) in [5.41, 5.74) is 0.924. The van der Waals surface area contributed by atoms with Gasteiger partial charge in [0, 0.05) is 45.3 Å². The summed E-state index contributed by atoms with van der Waals surface area (Å²) in [5, 5.41) is 4.49. The molecule has 0 saturated carbocycles. The van der Waals surface area contributed by atoms with Crippen molar-refractivity contribution in [2.75, 3.05) is 40.0 Å². The van der Waals surface area contributed by atoms with Crippen molar-refractivity contribution in [1.82, 2.24) is 10.2 Å². The molecule has 1 saturated heterocycles. The highest BCUT2D eigenvalue weighted by Gasteiger charge is 2.14. The average molecular weight is 501 g/mol. The number of aliphatic imine (C=N–C) groups is 1. The predicted molar refractivity (Wildman–Crippen MR) is 123 cm³/mol. The van der Waals surface area contributed by atoms with E-state index in [-0.39, 0.29) is 24.0 Å². The largest absolute Gasteiger partial charge is 0.459 e. The fraction of sp³-hybridized carbons (Fsp3) is 0.571. The van der Waals surface area contributed by atoms with Gasteiger partial charge in [-0.15, -0.1) is 24.0 Å². The SMILES string of the molecule is CCNC(=NCCCOC1CCOCC1)N(C)Cc1cc2ccccc2o1.I. The third-order valence-electron chi connectivity index (χ3n) is 4.65. The summed E-state index contributed by atoms with van der Waals surface area (Å²) in [6.07, 6.45) is 3.29. The normalized spacial score (nSPS) is 15.4. The zero-order valence-electron chi connectivity index (χ0n) is 16.9. The second kappa shape index (κ2) is 12.3. The molecule has 7 heteroatoms. The number of hydrogen-bond acceptors (Lipinski definition) is 4. The number of benzene rings is 1. The van der Waals surface area contributed by atoms with Crippen molar-refractivity contribution in [2.24, 2.45) is 4.99 Å². The topological polar surface area (TPSA) is 59.2 Å². The van der Waals surface area contributed by atoms with Gasteiger partial charge in [-0.1, -0.05) is 18.2 Å². The van der Waals surface area contributed by atoms with Crippen molar-refractivity contribution < 1.29 is 13.9 Å². The molecule has 1 aromatic heterocycles. The lowest BCUT2D eigenvalue weighted by atomic mass is 10.1. The molecule has 0 bridgehead atoms. The highest BCUT2D eigenvalue weighted by molar-refractivity contribution is 14.0. The monoisotopic (exact) mass is 501 g/mol. The Labute approximate surface area is 184 Å². The standard InChI is InChI=1S/C21H31N3O3.HI/c1-3-22-21(23-11-6-12-26-18-9-13-25-14-10-18)24(2)16-19-15-17-7-4-5-8-20(17)27-19;/h4-5,7-8,15,18H,3,6,9-14,16H2,1-2H3,(H,22,23);1H. The molecule has 2 aromatic rings. The molecule has 6 nitrogen and oxygen atoms in total. The summed E-state index contributed by atoms with van der Waals surface area (Å²) < 4.78 is 17.2. The van der Waals surface area contributed by atoms with Crippen LogP contribution < -0.4 is 5.32 Å². The summed E-state index contributed by atoms with van der Waals surface area (Å²) in [6.45, 7) is 6.73. The molecule has 28 heavy (non-hydrogen) atoms. The Balaban J connectivity index is 0.00000280. The van der Waals surface area contributed by atoms with Gasteiger partial charge < -0.3 is 24.1 Å². The lowest BCUT2D eigenvalue weighted by Crippen LogP contribution is -2.38. The van der Waals surface area contributed by atoms with E-state index in [1.54, 1.807) is 0 Å². The number of ether oxygens (including phenoxy) is 2. The van der Waals surface area contributed by atoms with Crippen molar-refractivity contribution in [3.63, 3.8) is 0 Å². The zero-order valence-corrected chi connectivity index (χ0v) is 19.2. The van der Waals surface area contributed by atoms with E-state index >= 15 is 0 Å². The van der Waals surface area contributed by atoms with Crippen LogP contribution in [0.25, 0.3) is 11.0 Å². The van der Waals surface area contributed by atoms with E-state index in [9.17, 15) is 0 Å². The first-order valence-corrected chi connectivity index (χ1v) is 9.92. The summed E-state index contributed by atoms with van der Waals surface area (Å²) in [4.78, 5) is 6.83. The van der Waals surface area contributed by atoms with E-state index in [0.717, 1.165) is 74.9 Å². The average Bonchev–Trinajstić information content (AvgIpc) is 3.10. The Bertz CT molecular complexity index is 696. The van der Waals surface area contributed by atoms with Gasteiger partial charge in [0.1, 0.15) is 11.3 Å². The molecular weight excluding hydrogens is 469 g/mol. The van der Waals surface area contributed by atoms with Gasteiger partial charge in [-0.2, -0.15) is 0 Å². The number of para-hydroxylation sites is 1. The van der Waals surface area contributed by atoms with E-state index < -0.39 is 0 Å². The lowest BCUT2D eigenvalue weighted by molar-refractivity contribution is -0.0318. The second-order valence-electron chi connectivity index (χ2n) is 6.88. The number of furan rings is 1. The third kappa shape index (κ3) is 6.93. The van der Waals surface area contributed by atoms with E-state index in [1.165, 1.54) is 0 Å². The third-order valence-corrected chi connectivity index (χ3v) is 4.65. The maximum absolute atomic E-state index is 5.92. The Morgan fingerprint density at radius 1 is 1.29 bits per heavy atom. The minimum absolute atomic E-state index is 0. The van der Waals surface area contributed by atoms with Gasteiger partial charge in [0.25, 0.3) is 0 Å². The van der Waals surface area contributed by atoms with Crippen LogP contribution in [0.3, 0.4) is 0 Å². The van der Waals surface area contributed by atoms with E-state index in [2.05, 4.69) is 29.3 Å². The van der Waals surface area contributed by atoms with Crippen LogP contribution >= 0.6 is 24.0 Å². The van der Waals surface area contributed by atoms with Gasteiger partial charge >= 0.3 is 0 Å². The van der Waals surface area contributed by atoms with Crippen molar-refractivity contribution >= 4 is 40.9 Å². The second-order valence-corrected chi connectivity index (χ2v) is 6.88. The van der Waals surface area contributed by atoms with Crippen molar-refractivity contribution in [3.05, 3.63) is 36.1 Å². The minimum atomic E-state index is 0. The Morgan fingerprint density at radius 2 is 2.07 bits per heavy atom. The Morgan fingerprint density at radius 3 is 2.82 bits per heavy atom. The molecule has 1 N–H and O–H groups in total. The number of hydrogen-bond donors (Lipinski definition) is 1. The highest BCUT2D eigenvalue weighted by atomic mass is 127. The molecule has 1 aliphatic heterocycles. The molecule has 0 atom stereocenters. The number of fused-ring (bicyclic) bond motifs is 1. The maximum Gasteiger partial charge on any atom is 0.194 e. The van der Waals surface area contributed by atoms with Crippen molar-refractivity contribution in [3.8, 4) is 0 Å². The smallest absolute Gasteiger partial charge is 0.194 e.